The molecule has 0 bridgehead atoms. The summed E-state index contributed by atoms with van der Waals surface area (Å²) >= 11 is 6.40. The molecule has 0 aliphatic carbocycles. The number of benzene rings is 3. The number of halogens is 2. The van der Waals surface area contributed by atoms with E-state index in [0.717, 1.165) is 46.4 Å². The van der Waals surface area contributed by atoms with Gasteiger partial charge in [-0.3, -0.25) is 4.79 Å². The predicted octanol–water partition coefficient (Wildman–Crippen LogP) is 5.73. The summed E-state index contributed by atoms with van der Waals surface area (Å²) in [6.45, 7) is 5.58. The maximum atomic E-state index is 14.7. The first kappa shape index (κ1) is 30.9. The fourth-order valence-electron chi connectivity index (χ4n) is 6.82. The molecule has 3 heterocycles. The molecular formula is C35H40ClFN6O2. The van der Waals surface area contributed by atoms with Crippen LogP contribution in [0.15, 0.2) is 72.9 Å². The van der Waals surface area contributed by atoms with Crippen LogP contribution in [0.2, 0.25) is 5.02 Å². The molecule has 3 aromatic carbocycles. The van der Waals surface area contributed by atoms with E-state index in [-0.39, 0.29) is 29.6 Å². The van der Waals surface area contributed by atoms with Crippen LogP contribution >= 0.6 is 11.6 Å². The molecular weight excluding hydrogens is 591 g/mol. The van der Waals surface area contributed by atoms with Crippen molar-refractivity contribution in [2.24, 2.45) is 5.92 Å². The number of para-hydroxylation sites is 1. The minimum Gasteiger partial charge on any atom is -0.368 e. The van der Waals surface area contributed by atoms with Crippen LogP contribution in [-0.2, 0) is 11.2 Å². The van der Waals surface area contributed by atoms with E-state index < -0.39 is 6.04 Å². The van der Waals surface area contributed by atoms with E-state index in [9.17, 15) is 14.0 Å². The van der Waals surface area contributed by atoms with Crippen molar-refractivity contribution in [3.05, 3.63) is 94.9 Å². The molecule has 10 heteroatoms. The first-order chi connectivity index (χ1) is 21.7. The van der Waals surface area contributed by atoms with Crippen molar-refractivity contribution in [1.82, 2.24) is 20.1 Å². The number of piperazine rings is 1. The standard InChI is InChI=1S/C35H40ClFN6O2/c1-23(30-20-38-31-7-5-4-6-29(30)31)33(39-35(45)42-16-14-41(15-17-42)28-11-9-27(37)10-12-28)34(44)43-22-24(21-40(2)3)18-25-19-26(36)8-13-32(25)43/h4-13,19-20,23-24,33,38H,14-18,21-22H2,1-3H3,(H,39,45)/t23?,24-,33?/m1/s1. The lowest BCUT2D eigenvalue weighted by Crippen LogP contribution is -2.58. The highest BCUT2D eigenvalue weighted by atomic mass is 35.5. The van der Waals surface area contributed by atoms with E-state index in [1.165, 1.54) is 12.1 Å². The Hall–Kier alpha value is -4.08. The third-order valence-electron chi connectivity index (χ3n) is 9.09. The number of rotatable bonds is 7. The predicted molar refractivity (Wildman–Crippen MR) is 179 cm³/mol. The Morgan fingerprint density at radius 3 is 2.51 bits per heavy atom. The van der Waals surface area contributed by atoms with Crippen LogP contribution in [0.25, 0.3) is 10.9 Å². The van der Waals surface area contributed by atoms with Gasteiger partial charge in [-0.15, -0.1) is 0 Å². The Bertz CT molecular complexity index is 1670. The number of urea groups is 1. The summed E-state index contributed by atoms with van der Waals surface area (Å²) in [6, 6.07) is 19.1. The Labute approximate surface area is 268 Å². The van der Waals surface area contributed by atoms with Gasteiger partial charge in [-0.1, -0.05) is 36.7 Å². The van der Waals surface area contributed by atoms with Crippen LogP contribution in [0.3, 0.4) is 0 Å². The quantitative estimate of drug-likeness (QED) is 0.274. The monoisotopic (exact) mass is 630 g/mol. The molecule has 6 rings (SSSR count). The lowest BCUT2D eigenvalue weighted by atomic mass is 9.88. The van der Waals surface area contributed by atoms with Crippen molar-refractivity contribution in [2.45, 2.75) is 25.3 Å². The minimum absolute atomic E-state index is 0.141. The molecule has 2 aliphatic heterocycles. The first-order valence-corrected chi connectivity index (χ1v) is 15.9. The normalized spacial score (nSPS) is 18.2. The molecule has 0 saturated carbocycles. The number of amides is 3. The molecule has 3 amide bonds. The molecule has 2 aliphatic rings. The summed E-state index contributed by atoms with van der Waals surface area (Å²) in [5.41, 5.74) is 4.77. The maximum Gasteiger partial charge on any atom is 0.318 e. The van der Waals surface area contributed by atoms with Crippen LogP contribution in [0, 0.1) is 11.7 Å². The molecule has 1 aromatic heterocycles. The number of anilines is 2. The van der Waals surface area contributed by atoms with E-state index in [0.29, 0.717) is 37.7 Å². The van der Waals surface area contributed by atoms with Crippen LogP contribution in [0.5, 0.6) is 0 Å². The minimum atomic E-state index is -0.812. The van der Waals surface area contributed by atoms with E-state index in [2.05, 4.69) is 20.1 Å². The van der Waals surface area contributed by atoms with Gasteiger partial charge in [-0.05, 0) is 86.1 Å². The molecule has 2 unspecified atom stereocenters. The third kappa shape index (κ3) is 6.65. The topological polar surface area (TPSA) is 74.9 Å². The zero-order chi connectivity index (χ0) is 31.7. The van der Waals surface area contributed by atoms with Gasteiger partial charge in [0.05, 0.1) is 0 Å². The molecule has 3 atom stereocenters. The molecule has 1 fully saturated rings. The number of nitrogens with zero attached hydrogens (tertiary/aromatic N) is 4. The number of carbonyl (C=O) groups excluding carboxylic acids is 2. The molecule has 236 valence electrons. The van der Waals surface area contributed by atoms with Crippen LogP contribution in [-0.4, -0.2) is 86.1 Å². The molecule has 45 heavy (non-hydrogen) atoms. The van der Waals surface area contributed by atoms with Gasteiger partial charge in [0.25, 0.3) is 0 Å². The highest BCUT2D eigenvalue weighted by Crippen LogP contribution is 2.35. The fourth-order valence-corrected chi connectivity index (χ4v) is 7.02. The van der Waals surface area contributed by atoms with Crippen molar-refractivity contribution in [3.8, 4) is 0 Å². The highest BCUT2D eigenvalue weighted by molar-refractivity contribution is 6.30. The number of aromatic amines is 1. The average Bonchev–Trinajstić information content (AvgIpc) is 3.47. The second kappa shape index (κ2) is 13.1. The number of hydrogen-bond donors (Lipinski definition) is 2. The summed E-state index contributed by atoms with van der Waals surface area (Å²) in [5.74, 6) is -0.514. The van der Waals surface area contributed by atoms with Crippen molar-refractivity contribution in [3.63, 3.8) is 0 Å². The third-order valence-corrected chi connectivity index (χ3v) is 9.32. The Kier molecular flexibility index (Phi) is 9.01. The molecule has 0 spiro atoms. The fraction of sp³-hybridized carbons (Fsp3) is 0.371. The second-order valence-electron chi connectivity index (χ2n) is 12.5. The summed E-state index contributed by atoms with van der Waals surface area (Å²) in [7, 11) is 4.08. The molecule has 8 nitrogen and oxygen atoms in total. The van der Waals surface area contributed by atoms with Gasteiger partial charge >= 0.3 is 6.03 Å². The van der Waals surface area contributed by atoms with Crippen molar-refractivity contribution < 1.29 is 14.0 Å². The summed E-state index contributed by atoms with van der Waals surface area (Å²) < 4.78 is 13.5. The SMILES string of the molecule is CC(c1c[nH]c2ccccc12)C(NC(=O)N1CCN(c2ccc(F)cc2)CC1)C(=O)N1C[C@@H](CN(C)C)Cc2cc(Cl)ccc21. The summed E-state index contributed by atoms with van der Waals surface area (Å²) in [5, 5.41) is 4.84. The van der Waals surface area contributed by atoms with Crippen molar-refractivity contribution in [1.29, 1.82) is 0 Å². The van der Waals surface area contributed by atoms with Gasteiger partial charge in [0.2, 0.25) is 5.91 Å². The van der Waals surface area contributed by atoms with Gasteiger partial charge in [0, 0.05) is 78.7 Å². The number of fused-ring (bicyclic) bond motifs is 2. The lowest BCUT2D eigenvalue weighted by molar-refractivity contribution is -0.121. The van der Waals surface area contributed by atoms with Gasteiger partial charge in [-0.2, -0.15) is 0 Å². The first-order valence-electron chi connectivity index (χ1n) is 15.5. The van der Waals surface area contributed by atoms with E-state index in [1.54, 1.807) is 17.0 Å². The van der Waals surface area contributed by atoms with Crippen LogP contribution in [0.4, 0.5) is 20.6 Å². The van der Waals surface area contributed by atoms with Gasteiger partial charge in [0.15, 0.2) is 0 Å². The van der Waals surface area contributed by atoms with Crippen molar-refractivity contribution >= 4 is 45.8 Å². The average molecular weight is 631 g/mol. The van der Waals surface area contributed by atoms with E-state index >= 15 is 0 Å². The largest absolute Gasteiger partial charge is 0.368 e. The van der Waals surface area contributed by atoms with Crippen LogP contribution in [0.1, 0.15) is 24.0 Å². The zero-order valence-corrected chi connectivity index (χ0v) is 26.7. The Balaban J connectivity index is 1.28. The second-order valence-corrected chi connectivity index (χ2v) is 12.9. The highest BCUT2D eigenvalue weighted by Gasteiger charge is 2.38. The number of H-pyrrole nitrogens is 1. The molecule has 1 saturated heterocycles. The number of hydrogen-bond acceptors (Lipinski definition) is 4. The smallest absolute Gasteiger partial charge is 0.318 e. The van der Waals surface area contributed by atoms with E-state index in [1.807, 2.05) is 74.6 Å². The Morgan fingerprint density at radius 1 is 1.04 bits per heavy atom. The summed E-state index contributed by atoms with van der Waals surface area (Å²) in [6.07, 6.45) is 2.77. The number of carbonyl (C=O) groups is 2. The lowest BCUT2D eigenvalue weighted by Gasteiger charge is -2.40. The van der Waals surface area contributed by atoms with Gasteiger partial charge < -0.3 is 29.9 Å². The van der Waals surface area contributed by atoms with Crippen LogP contribution < -0.4 is 15.1 Å². The molecule has 4 aromatic rings. The van der Waals surface area contributed by atoms with Crippen molar-refractivity contribution in [2.75, 3.05) is 63.2 Å². The number of aromatic nitrogens is 1. The molecule has 0 radical (unpaired) electrons. The van der Waals surface area contributed by atoms with Gasteiger partial charge in [0.1, 0.15) is 11.9 Å². The zero-order valence-electron chi connectivity index (χ0n) is 26.0. The maximum absolute atomic E-state index is 14.7. The molecule has 2 N–H and O–H groups in total. The van der Waals surface area contributed by atoms with Gasteiger partial charge in [-0.25, -0.2) is 9.18 Å². The number of nitrogens with one attached hydrogen (secondary N) is 2. The van der Waals surface area contributed by atoms with E-state index in [4.69, 9.17) is 11.6 Å². The Morgan fingerprint density at radius 2 is 1.78 bits per heavy atom. The summed E-state index contributed by atoms with van der Waals surface area (Å²) in [4.78, 5) is 39.8.